The molecule has 10 aromatic carbocycles. The van der Waals surface area contributed by atoms with Gasteiger partial charge in [-0.15, -0.1) is 0 Å². The van der Waals surface area contributed by atoms with Gasteiger partial charge in [0.2, 0.25) is 0 Å². The molecule has 64 heavy (non-hydrogen) atoms. The average Bonchev–Trinajstić information content (AvgIpc) is 3.86. The highest BCUT2D eigenvalue weighted by Crippen LogP contribution is 2.65. The fraction of sp³-hybridized carbons (Fsp3) is 0.0328. The molecule has 11 aromatic rings. The summed E-state index contributed by atoms with van der Waals surface area (Å²) in [7, 11) is 0. The Morgan fingerprint density at radius 3 is 1.44 bits per heavy atom. The number of benzene rings is 10. The summed E-state index contributed by atoms with van der Waals surface area (Å²) >= 11 is 0. The molecule has 0 saturated carbocycles. The van der Waals surface area contributed by atoms with E-state index in [9.17, 15) is 0 Å². The summed E-state index contributed by atoms with van der Waals surface area (Å²) in [5, 5.41) is 4.52. The van der Waals surface area contributed by atoms with Gasteiger partial charge in [-0.2, -0.15) is 0 Å². The van der Waals surface area contributed by atoms with Crippen LogP contribution >= 0.6 is 0 Å². The Bertz CT molecular complexity index is 3600. The number of nitrogens with zero attached hydrogens (tertiary/aromatic N) is 3. The van der Waals surface area contributed by atoms with Gasteiger partial charge in [-0.25, -0.2) is 15.0 Å². The predicted molar refractivity (Wildman–Crippen MR) is 260 cm³/mol. The van der Waals surface area contributed by atoms with Crippen LogP contribution in [0.5, 0.6) is 0 Å². The van der Waals surface area contributed by atoms with Crippen LogP contribution in [0.3, 0.4) is 0 Å². The van der Waals surface area contributed by atoms with E-state index in [0.29, 0.717) is 17.5 Å². The fourth-order valence-electron chi connectivity index (χ4n) is 11.6. The number of aromatic nitrogens is 3. The molecular formula is C61H37N3. The predicted octanol–water partition coefficient (Wildman–Crippen LogP) is 14.7. The van der Waals surface area contributed by atoms with Crippen molar-refractivity contribution in [1.29, 1.82) is 0 Å². The highest BCUT2D eigenvalue weighted by Gasteiger charge is 2.53. The molecule has 0 radical (unpaired) electrons. The SMILES string of the molecule is c1ccc2c(c1)-c1cccc3c1C2c1ccc(-c2ccc(-c4nc(-c5cccc6ccccc56)nc(-c5cccc6ccccc56)n4)cc2)cc1C31c2ccccc2-c2ccccc21. The molecule has 0 fully saturated rings. The van der Waals surface area contributed by atoms with Gasteiger partial charge in [0, 0.05) is 22.6 Å². The monoisotopic (exact) mass is 811 g/mol. The average molecular weight is 812 g/mol. The first-order chi connectivity index (χ1) is 31.7. The Morgan fingerprint density at radius 2 is 0.766 bits per heavy atom. The molecule has 1 aromatic heterocycles. The van der Waals surface area contributed by atoms with Gasteiger partial charge in [-0.05, 0) is 99.9 Å². The van der Waals surface area contributed by atoms with Gasteiger partial charge in [0.15, 0.2) is 17.5 Å². The highest BCUT2D eigenvalue weighted by molar-refractivity contribution is 5.98. The molecule has 3 aliphatic rings. The van der Waals surface area contributed by atoms with Crippen LogP contribution in [0.15, 0.2) is 218 Å². The molecule has 1 heterocycles. The third-order valence-corrected chi connectivity index (χ3v) is 14.3. The maximum atomic E-state index is 5.22. The van der Waals surface area contributed by atoms with Gasteiger partial charge in [0.05, 0.1) is 5.41 Å². The number of hydrogen-bond acceptors (Lipinski definition) is 3. The van der Waals surface area contributed by atoms with Crippen molar-refractivity contribution < 1.29 is 0 Å². The number of hydrogen-bond donors (Lipinski definition) is 0. The summed E-state index contributed by atoms with van der Waals surface area (Å²) in [5.74, 6) is 2.11. The second-order valence-corrected chi connectivity index (χ2v) is 17.4. The molecule has 1 spiro atoms. The molecule has 14 rings (SSSR count). The minimum absolute atomic E-state index is 0.162. The summed E-state index contributed by atoms with van der Waals surface area (Å²) in [5.41, 5.74) is 19.8. The summed E-state index contributed by atoms with van der Waals surface area (Å²) in [4.78, 5) is 15.6. The molecule has 1 atom stereocenters. The first kappa shape index (κ1) is 35.3. The lowest BCUT2D eigenvalue weighted by Gasteiger charge is -2.42. The van der Waals surface area contributed by atoms with Crippen LogP contribution in [0, 0.1) is 0 Å². The van der Waals surface area contributed by atoms with Crippen molar-refractivity contribution in [2.24, 2.45) is 0 Å². The van der Waals surface area contributed by atoms with Crippen molar-refractivity contribution in [1.82, 2.24) is 15.0 Å². The quantitative estimate of drug-likeness (QED) is 0.178. The van der Waals surface area contributed by atoms with Crippen molar-refractivity contribution in [2.75, 3.05) is 0 Å². The van der Waals surface area contributed by atoms with Crippen molar-refractivity contribution in [3.63, 3.8) is 0 Å². The molecule has 0 amide bonds. The van der Waals surface area contributed by atoms with E-state index in [0.717, 1.165) is 43.8 Å². The lowest BCUT2D eigenvalue weighted by Crippen LogP contribution is -2.35. The van der Waals surface area contributed by atoms with Gasteiger partial charge in [-0.3, -0.25) is 0 Å². The van der Waals surface area contributed by atoms with E-state index in [1.807, 2.05) is 0 Å². The van der Waals surface area contributed by atoms with E-state index in [1.165, 1.54) is 66.8 Å². The lowest BCUT2D eigenvalue weighted by atomic mass is 9.59. The largest absolute Gasteiger partial charge is 0.208 e. The third kappa shape index (κ3) is 4.84. The lowest BCUT2D eigenvalue weighted by molar-refractivity contribution is 0.704. The van der Waals surface area contributed by atoms with Crippen molar-refractivity contribution in [2.45, 2.75) is 11.3 Å². The number of rotatable bonds is 4. The summed E-state index contributed by atoms with van der Waals surface area (Å²) in [6, 6.07) is 79.9. The van der Waals surface area contributed by atoms with Crippen LogP contribution in [0.25, 0.3) is 89.1 Å². The Balaban J connectivity index is 0.951. The van der Waals surface area contributed by atoms with E-state index in [2.05, 4.69) is 218 Å². The molecule has 3 heteroatoms. The molecule has 0 aliphatic heterocycles. The molecule has 0 saturated heterocycles. The van der Waals surface area contributed by atoms with E-state index in [1.54, 1.807) is 0 Å². The second-order valence-electron chi connectivity index (χ2n) is 17.4. The zero-order valence-corrected chi connectivity index (χ0v) is 34.7. The zero-order valence-electron chi connectivity index (χ0n) is 34.7. The Kier molecular flexibility index (Phi) is 7.38. The summed E-state index contributed by atoms with van der Waals surface area (Å²) in [6.45, 7) is 0. The maximum Gasteiger partial charge on any atom is 0.164 e. The minimum Gasteiger partial charge on any atom is -0.208 e. The molecule has 1 unspecified atom stereocenters. The molecule has 3 aliphatic carbocycles. The standard InChI is InChI=1S/C61H37N3/c1-3-18-42-38(14-1)16-11-25-49(42)59-62-58(63-60(64-59)50-26-12-17-39-15-2-4-19-43(39)50)40-32-30-37(31-33-40)41-34-35-51-55(36-41)61(52-27-9-7-21-45(52)46-22-8-10-28-53(46)61)54-29-13-24-48-44-20-5-6-23-47(44)56(51)57(48)54/h1-36,56H. The minimum atomic E-state index is -0.469. The first-order valence-electron chi connectivity index (χ1n) is 22.1. The number of fused-ring (bicyclic) bond motifs is 14. The van der Waals surface area contributed by atoms with Crippen LogP contribution in [-0.4, -0.2) is 15.0 Å². The maximum absolute atomic E-state index is 5.22. The summed E-state index contributed by atoms with van der Waals surface area (Å²) < 4.78 is 0. The van der Waals surface area contributed by atoms with Crippen molar-refractivity contribution in [3.8, 4) is 67.5 Å². The third-order valence-electron chi connectivity index (χ3n) is 14.3. The van der Waals surface area contributed by atoms with E-state index in [4.69, 9.17) is 15.0 Å². The topological polar surface area (TPSA) is 38.7 Å². The molecular weight excluding hydrogens is 775 g/mol. The van der Waals surface area contributed by atoms with E-state index < -0.39 is 5.41 Å². The smallest absolute Gasteiger partial charge is 0.164 e. The van der Waals surface area contributed by atoms with E-state index in [-0.39, 0.29) is 5.92 Å². The molecule has 0 N–H and O–H groups in total. The van der Waals surface area contributed by atoms with Gasteiger partial charge >= 0.3 is 0 Å². The molecule has 3 nitrogen and oxygen atoms in total. The van der Waals surface area contributed by atoms with Crippen LogP contribution in [0.2, 0.25) is 0 Å². The molecule has 0 bridgehead atoms. The normalized spacial score (nSPS) is 14.5. The van der Waals surface area contributed by atoms with Crippen LogP contribution in [-0.2, 0) is 5.41 Å². The zero-order chi connectivity index (χ0) is 41.9. The van der Waals surface area contributed by atoms with Gasteiger partial charge < -0.3 is 0 Å². The second kappa shape index (κ2) is 13.4. The van der Waals surface area contributed by atoms with Crippen molar-refractivity contribution >= 4 is 21.5 Å². The van der Waals surface area contributed by atoms with Crippen LogP contribution < -0.4 is 0 Å². The van der Waals surface area contributed by atoms with Crippen molar-refractivity contribution in [3.05, 3.63) is 257 Å². The first-order valence-corrected chi connectivity index (χ1v) is 22.1. The Labute approximate surface area is 371 Å². The highest BCUT2D eigenvalue weighted by atomic mass is 15.0. The van der Waals surface area contributed by atoms with E-state index >= 15 is 0 Å². The Morgan fingerprint density at radius 1 is 0.297 bits per heavy atom. The molecule has 296 valence electrons. The van der Waals surface area contributed by atoms with Gasteiger partial charge in [0.25, 0.3) is 0 Å². The summed E-state index contributed by atoms with van der Waals surface area (Å²) in [6.07, 6.45) is 0. The Hall–Kier alpha value is -8.27. The van der Waals surface area contributed by atoms with Gasteiger partial charge in [0.1, 0.15) is 0 Å². The van der Waals surface area contributed by atoms with Crippen LogP contribution in [0.1, 0.15) is 44.9 Å². The fourth-order valence-corrected chi connectivity index (χ4v) is 11.6. The van der Waals surface area contributed by atoms with Gasteiger partial charge in [-0.1, -0.05) is 212 Å². The van der Waals surface area contributed by atoms with Crippen LogP contribution in [0.4, 0.5) is 0 Å².